The number of hydrogen-bond donors (Lipinski definition) is 1. The van der Waals surface area contributed by atoms with Crippen LogP contribution in [0.2, 0.25) is 0 Å². The van der Waals surface area contributed by atoms with E-state index in [9.17, 15) is 0 Å². The summed E-state index contributed by atoms with van der Waals surface area (Å²) in [5.41, 5.74) is 2.89. The second kappa shape index (κ2) is 7.26. The first-order valence-corrected chi connectivity index (χ1v) is 8.39. The largest absolute Gasteiger partial charge is 0.307 e. The van der Waals surface area contributed by atoms with Crippen molar-refractivity contribution in [1.29, 1.82) is 0 Å². The van der Waals surface area contributed by atoms with Crippen molar-refractivity contribution in [2.45, 2.75) is 71.9 Å². The zero-order valence-electron chi connectivity index (χ0n) is 13.7. The SMILES string of the molecule is CC(C)Cc1ccc(C(C)NC2CCCC(C)C2)cc1. The van der Waals surface area contributed by atoms with Crippen LogP contribution in [0.3, 0.4) is 0 Å². The van der Waals surface area contributed by atoms with Crippen LogP contribution in [0.15, 0.2) is 24.3 Å². The highest BCUT2D eigenvalue weighted by Crippen LogP contribution is 2.26. The highest BCUT2D eigenvalue weighted by molar-refractivity contribution is 5.25. The Morgan fingerprint density at radius 2 is 1.80 bits per heavy atom. The monoisotopic (exact) mass is 273 g/mol. The zero-order chi connectivity index (χ0) is 14.5. The molecule has 3 unspecified atom stereocenters. The number of nitrogens with one attached hydrogen (secondary N) is 1. The van der Waals surface area contributed by atoms with Gasteiger partial charge in [0.15, 0.2) is 0 Å². The van der Waals surface area contributed by atoms with E-state index in [1.807, 2.05) is 0 Å². The summed E-state index contributed by atoms with van der Waals surface area (Å²) in [6.07, 6.45) is 6.67. The Morgan fingerprint density at radius 3 is 2.40 bits per heavy atom. The van der Waals surface area contributed by atoms with Crippen molar-refractivity contribution < 1.29 is 0 Å². The third-order valence-electron chi connectivity index (χ3n) is 4.55. The lowest BCUT2D eigenvalue weighted by Crippen LogP contribution is -2.35. The minimum atomic E-state index is 0.471. The minimum absolute atomic E-state index is 0.471. The Labute approximate surface area is 125 Å². The van der Waals surface area contributed by atoms with Gasteiger partial charge in [0, 0.05) is 12.1 Å². The fourth-order valence-corrected chi connectivity index (χ4v) is 3.45. The molecule has 1 nitrogen and oxygen atoms in total. The lowest BCUT2D eigenvalue weighted by molar-refractivity contribution is 0.285. The zero-order valence-corrected chi connectivity index (χ0v) is 13.7. The molecule has 0 aliphatic heterocycles. The molecule has 1 aromatic carbocycles. The maximum atomic E-state index is 3.83. The summed E-state index contributed by atoms with van der Waals surface area (Å²) in [6, 6.07) is 10.4. The Hall–Kier alpha value is -0.820. The molecule has 20 heavy (non-hydrogen) atoms. The van der Waals surface area contributed by atoms with E-state index in [2.05, 4.69) is 57.3 Å². The Morgan fingerprint density at radius 1 is 1.10 bits per heavy atom. The molecule has 1 saturated carbocycles. The standard InChI is InChI=1S/C19H31N/c1-14(2)12-17-8-10-18(11-9-17)16(4)20-19-7-5-6-15(3)13-19/h8-11,14-16,19-20H,5-7,12-13H2,1-4H3. The van der Waals surface area contributed by atoms with Crippen molar-refractivity contribution in [3.63, 3.8) is 0 Å². The molecule has 0 heterocycles. The highest BCUT2D eigenvalue weighted by Gasteiger charge is 2.20. The third kappa shape index (κ3) is 4.63. The predicted molar refractivity (Wildman–Crippen MR) is 88.0 cm³/mol. The summed E-state index contributed by atoms with van der Waals surface area (Å²) in [5.74, 6) is 1.63. The van der Waals surface area contributed by atoms with E-state index >= 15 is 0 Å². The van der Waals surface area contributed by atoms with Gasteiger partial charge in [-0.1, -0.05) is 57.9 Å². The van der Waals surface area contributed by atoms with Crippen LogP contribution in [0.4, 0.5) is 0 Å². The van der Waals surface area contributed by atoms with Crippen molar-refractivity contribution in [3.8, 4) is 0 Å². The molecular formula is C19H31N. The lowest BCUT2D eigenvalue weighted by atomic mass is 9.86. The molecule has 0 radical (unpaired) electrons. The molecule has 0 amide bonds. The second-order valence-electron chi connectivity index (χ2n) is 7.20. The first kappa shape index (κ1) is 15.6. The molecule has 1 aromatic rings. The van der Waals surface area contributed by atoms with Crippen molar-refractivity contribution in [2.75, 3.05) is 0 Å². The first-order chi connectivity index (χ1) is 9.54. The van der Waals surface area contributed by atoms with Crippen molar-refractivity contribution >= 4 is 0 Å². The quantitative estimate of drug-likeness (QED) is 0.785. The van der Waals surface area contributed by atoms with E-state index in [-0.39, 0.29) is 0 Å². The normalized spacial score (nSPS) is 24.9. The topological polar surface area (TPSA) is 12.0 Å². The Bertz CT molecular complexity index is 393. The third-order valence-corrected chi connectivity index (χ3v) is 4.55. The van der Waals surface area contributed by atoms with Gasteiger partial charge in [-0.05, 0) is 49.1 Å². The minimum Gasteiger partial charge on any atom is -0.307 e. The predicted octanol–water partition coefficient (Wildman–Crippen LogP) is 5.11. The van der Waals surface area contributed by atoms with Crippen LogP contribution >= 0.6 is 0 Å². The maximum absolute atomic E-state index is 3.83. The molecule has 0 aromatic heterocycles. The van der Waals surface area contributed by atoms with E-state index in [1.54, 1.807) is 0 Å². The van der Waals surface area contributed by atoms with Crippen molar-refractivity contribution in [1.82, 2.24) is 5.32 Å². The smallest absolute Gasteiger partial charge is 0.0294 e. The second-order valence-corrected chi connectivity index (χ2v) is 7.20. The summed E-state index contributed by atoms with van der Waals surface area (Å²) in [5, 5.41) is 3.83. The van der Waals surface area contributed by atoms with Crippen LogP contribution in [0.5, 0.6) is 0 Å². The van der Waals surface area contributed by atoms with Gasteiger partial charge < -0.3 is 5.32 Å². The Balaban J connectivity index is 1.90. The highest BCUT2D eigenvalue weighted by atomic mass is 14.9. The van der Waals surface area contributed by atoms with E-state index < -0.39 is 0 Å². The van der Waals surface area contributed by atoms with Gasteiger partial charge in [0.25, 0.3) is 0 Å². The van der Waals surface area contributed by atoms with Gasteiger partial charge in [-0.15, -0.1) is 0 Å². The van der Waals surface area contributed by atoms with E-state index in [0.29, 0.717) is 12.1 Å². The number of hydrogen-bond acceptors (Lipinski definition) is 1. The maximum Gasteiger partial charge on any atom is 0.0294 e. The van der Waals surface area contributed by atoms with Gasteiger partial charge in [-0.2, -0.15) is 0 Å². The molecule has 112 valence electrons. The molecule has 0 spiro atoms. The molecule has 1 heteroatoms. The summed E-state index contributed by atoms with van der Waals surface area (Å²) in [7, 11) is 0. The van der Waals surface area contributed by atoms with E-state index in [1.165, 1.54) is 43.2 Å². The van der Waals surface area contributed by atoms with Crippen molar-refractivity contribution in [3.05, 3.63) is 35.4 Å². The van der Waals surface area contributed by atoms with Crippen molar-refractivity contribution in [2.24, 2.45) is 11.8 Å². The number of rotatable bonds is 5. The van der Waals surface area contributed by atoms with Gasteiger partial charge >= 0.3 is 0 Å². The number of benzene rings is 1. The van der Waals surface area contributed by atoms with Crippen LogP contribution in [0, 0.1) is 11.8 Å². The first-order valence-electron chi connectivity index (χ1n) is 8.39. The average Bonchev–Trinajstić information content (AvgIpc) is 2.38. The average molecular weight is 273 g/mol. The fraction of sp³-hybridized carbons (Fsp3) is 0.684. The lowest BCUT2D eigenvalue weighted by Gasteiger charge is -2.30. The van der Waals surface area contributed by atoms with Crippen LogP contribution in [-0.4, -0.2) is 6.04 Å². The Kier molecular flexibility index (Phi) is 5.65. The summed E-state index contributed by atoms with van der Waals surface area (Å²) < 4.78 is 0. The van der Waals surface area contributed by atoms with Gasteiger partial charge in [0.05, 0.1) is 0 Å². The molecule has 0 saturated heterocycles. The summed E-state index contributed by atoms with van der Waals surface area (Å²) >= 11 is 0. The van der Waals surface area contributed by atoms with Gasteiger partial charge in [-0.3, -0.25) is 0 Å². The van der Waals surface area contributed by atoms with Crippen LogP contribution < -0.4 is 5.32 Å². The fourth-order valence-electron chi connectivity index (χ4n) is 3.45. The molecule has 1 aliphatic carbocycles. The summed E-state index contributed by atoms with van der Waals surface area (Å²) in [6.45, 7) is 9.25. The molecule has 1 N–H and O–H groups in total. The molecule has 0 bridgehead atoms. The molecule has 1 aliphatic rings. The van der Waals surface area contributed by atoms with Crippen LogP contribution in [0.1, 0.15) is 70.5 Å². The van der Waals surface area contributed by atoms with Crippen LogP contribution in [0.25, 0.3) is 0 Å². The van der Waals surface area contributed by atoms with E-state index in [4.69, 9.17) is 0 Å². The van der Waals surface area contributed by atoms with E-state index in [0.717, 1.165) is 11.8 Å². The van der Waals surface area contributed by atoms with Crippen LogP contribution in [-0.2, 0) is 6.42 Å². The molecule has 2 rings (SSSR count). The molecular weight excluding hydrogens is 242 g/mol. The van der Waals surface area contributed by atoms with Gasteiger partial charge in [0.2, 0.25) is 0 Å². The molecule has 3 atom stereocenters. The van der Waals surface area contributed by atoms with Gasteiger partial charge in [0.1, 0.15) is 0 Å². The summed E-state index contributed by atoms with van der Waals surface area (Å²) in [4.78, 5) is 0. The van der Waals surface area contributed by atoms with Gasteiger partial charge in [-0.25, -0.2) is 0 Å². The molecule has 1 fully saturated rings.